The van der Waals surface area contributed by atoms with Crippen molar-refractivity contribution in [3.63, 3.8) is 0 Å². The van der Waals surface area contributed by atoms with E-state index in [-0.39, 0.29) is 5.69 Å². The van der Waals surface area contributed by atoms with Gasteiger partial charge in [0.15, 0.2) is 0 Å². The number of anilines is 1. The lowest BCUT2D eigenvalue weighted by Gasteiger charge is -2.22. The summed E-state index contributed by atoms with van der Waals surface area (Å²) in [6, 6.07) is 10.6. The van der Waals surface area contributed by atoms with Crippen LogP contribution in [0.5, 0.6) is 0 Å². The Bertz CT molecular complexity index is 889. The molecule has 1 heterocycles. The first-order chi connectivity index (χ1) is 12.3. The van der Waals surface area contributed by atoms with Crippen LogP contribution in [0.3, 0.4) is 0 Å². The lowest BCUT2D eigenvalue weighted by atomic mass is 9.92. The van der Waals surface area contributed by atoms with Gasteiger partial charge < -0.3 is 10.6 Å². The number of rotatable bonds is 4. The molecule has 1 aliphatic heterocycles. The highest BCUT2D eigenvalue weighted by molar-refractivity contribution is 6.10. The molecule has 0 saturated carbocycles. The smallest absolute Gasteiger partial charge is 0.322 e. The first kappa shape index (κ1) is 17.5. The van der Waals surface area contributed by atoms with Crippen molar-refractivity contribution in [2.24, 2.45) is 0 Å². The second kappa shape index (κ2) is 6.55. The SMILES string of the molecule is C[C@@]1(c2ccccc2)NC(=O)N(CC(=O)Nc2ccc(F)cc2F)C1=O. The van der Waals surface area contributed by atoms with E-state index < -0.39 is 41.6 Å². The maximum Gasteiger partial charge on any atom is 0.325 e. The van der Waals surface area contributed by atoms with Crippen LogP contribution in [0.15, 0.2) is 48.5 Å². The topological polar surface area (TPSA) is 78.5 Å². The summed E-state index contributed by atoms with van der Waals surface area (Å²) in [5.41, 5.74) is -0.958. The zero-order chi connectivity index (χ0) is 18.9. The molecular formula is C18H15F2N3O3. The van der Waals surface area contributed by atoms with Crippen LogP contribution < -0.4 is 10.6 Å². The molecule has 1 saturated heterocycles. The number of hydrogen-bond donors (Lipinski definition) is 2. The third-order valence-electron chi connectivity index (χ3n) is 4.13. The molecule has 0 unspecified atom stereocenters. The number of carbonyl (C=O) groups excluding carboxylic acids is 3. The third kappa shape index (κ3) is 3.13. The molecule has 0 radical (unpaired) electrons. The van der Waals surface area contributed by atoms with E-state index in [4.69, 9.17) is 0 Å². The Morgan fingerprint density at radius 3 is 2.50 bits per heavy atom. The average molecular weight is 359 g/mol. The van der Waals surface area contributed by atoms with Gasteiger partial charge in [-0.05, 0) is 24.6 Å². The van der Waals surface area contributed by atoms with E-state index >= 15 is 0 Å². The number of hydrogen-bond acceptors (Lipinski definition) is 3. The highest BCUT2D eigenvalue weighted by Crippen LogP contribution is 2.28. The Balaban J connectivity index is 1.74. The fourth-order valence-corrected chi connectivity index (χ4v) is 2.73. The van der Waals surface area contributed by atoms with Gasteiger partial charge in [-0.25, -0.2) is 13.6 Å². The maximum absolute atomic E-state index is 13.6. The van der Waals surface area contributed by atoms with E-state index in [1.807, 2.05) is 0 Å². The second-order valence-electron chi connectivity index (χ2n) is 5.98. The Morgan fingerprint density at radius 1 is 1.15 bits per heavy atom. The third-order valence-corrected chi connectivity index (χ3v) is 4.13. The summed E-state index contributed by atoms with van der Waals surface area (Å²) in [5.74, 6) is -3.11. The van der Waals surface area contributed by atoms with E-state index in [0.29, 0.717) is 11.6 Å². The van der Waals surface area contributed by atoms with Gasteiger partial charge in [0.2, 0.25) is 5.91 Å². The summed E-state index contributed by atoms with van der Waals surface area (Å²) in [4.78, 5) is 37.7. The van der Waals surface area contributed by atoms with Crippen LogP contribution in [-0.4, -0.2) is 29.3 Å². The number of imide groups is 1. The van der Waals surface area contributed by atoms with Gasteiger partial charge in [0, 0.05) is 6.07 Å². The van der Waals surface area contributed by atoms with Crippen LogP contribution in [0.2, 0.25) is 0 Å². The fraction of sp³-hybridized carbons (Fsp3) is 0.167. The second-order valence-corrected chi connectivity index (χ2v) is 5.98. The van der Waals surface area contributed by atoms with Crippen LogP contribution >= 0.6 is 0 Å². The van der Waals surface area contributed by atoms with Crippen molar-refractivity contribution in [3.05, 3.63) is 65.7 Å². The highest BCUT2D eigenvalue weighted by atomic mass is 19.1. The van der Waals surface area contributed by atoms with Gasteiger partial charge in [0.25, 0.3) is 5.91 Å². The molecule has 2 N–H and O–H groups in total. The molecule has 0 aromatic heterocycles. The number of nitrogens with one attached hydrogen (secondary N) is 2. The van der Waals surface area contributed by atoms with Gasteiger partial charge in [0.05, 0.1) is 5.69 Å². The average Bonchev–Trinajstić information content (AvgIpc) is 2.82. The molecule has 3 rings (SSSR count). The number of nitrogens with zero attached hydrogens (tertiary/aromatic N) is 1. The largest absolute Gasteiger partial charge is 0.325 e. The van der Waals surface area contributed by atoms with Crippen LogP contribution in [-0.2, 0) is 15.1 Å². The van der Waals surface area contributed by atoms with Gasteiger partial charge in [-0.3, -0.25) is 14.5 Å². The van der Waals surface area contributed by atoms with Gasteiger partial charge in [-0.15, -0.1) is 0 Å². The van der Waals surface area contributed by atoms with Gasteiger partial charge in [-0.2, -0.15) is 0 Å². The van der Waals surface area contributed by atoms with Crippen molar-refractivity contribution in [2.45, 2.75) is 12.5 Å². The quantitative estimate of drug-likeness (QED) is 0.823. The lowest BCUT2D eigenvalue weighted by molar-refractivity contribution is -0.133. The van der Waals surface area contributed by atoms with Crippen molar-refractivity contribution in [2.75, 3.05) is 11.9 Å². The summed E-state index contributed by atoms with van der Waals surface area (Å²) >= 11 is 0. The molecule has 8 heteroatoms. The predicted octanol–water partition coefficient (Wildman–Crippen LogP) is 2.37. The van der Waals surface area contributed by atoms with Crippen LogP contribution in [0.4, 0.5) is 19.3 Å². The van der Waals surface area contributed by atoms with E-state index in [1.165, 1.54) is 0 Å². The van der Waals surface area contributed by atoms with Crippen LogP contribution in [0.1, 0.15) is 12.5 Å². The molecular weight excluding hydrogens is 344 g/mol. The zero-order valence-electron chi connectivity index (χ0n) is 13.8. The lowest BCUT2D eigenvalue weighted by Crippen LogP contribution is -2.42. The molecule has 1 aliphatic rings. The minimum atomic E-state index is -1.29. The Kier molecular flexibility index (Phi) is 4.41. The minimum Gasteiger partial charge on any atom is -0.322 e. The standard InChI is InChI=1S/C18H15F2N3O3/c1-18(11-5-3-2-4-6-11)16(25)23(17(26)22-18)10-15(24)21-14-8-7-12(19)9-13(14)20/h2-9H,10H2,1H3,(H,21,24)(H,22,26)/t18-/m0/s1. The Morgan fingerprint density at radius 2 is 1.85 bits per heavy atom. The van der Waals surface area contributed by atoms with Crippen molar-refractivity contribution in [1.29, 1.82) is 0 Å². The van der Waals surface area contributed by atoms with E-state index in [9.17, 15) is 23.2 Å². The van der Waals surface area contributed by atoms with Crippen molar-refractivity contribution in [1.82, 2.24) is 10.2 Å². The molecule has 0 spiro atoms. The molecule has 0 bridgehead atoms. The predicted molar refractivity (Wildman–Crippen MR) is 89.0 cm³/mol. The summed E-state index contributed by atoms with van der Waals surface area (Å²) < 4.78 is 26.5. The summed E-state index contributed by atoms with van der Waals surface area (Å²) in [6.45, 7) is 0.948. The molecule has 2 aromatic carbocycles. The fourth-order valence-electron chi connectivity index (χ4n) is 2.73. The van der Waals surface area contributed by atoms with Crippen molar-refractivity contribution >= 4 is 23.5 Å². The number of amides is 4. The zero-order valence-corrected chi connectivity index (χ0v) is 13.8. The van der Waals surface area contributed by atoms with E-state index in [0.717, 1.165) is 17.0 Å². The Labute approximate surface area is 147 Å². The normalized spacial score (nSPS) is 19.4. The maximum atomic E-state index is 13.6. The summed E-state index contributed by atoms with van der Waals surface area (Å²) in [6.07, 6.45) is 0. The van der Waals surface area contributed by atoms with E-state index in [1.54, 1.807) is 37.3 Å². The number of carbonyl (C=O) groups is 3. The Hall–Kier alpha value is -3.29. The van der Waals surface area contributed by atoms with Crippen LogP contribution in [0.25, 0.3) is 0 Å². The van der Waals surface area contributed by atoms with Gasteiger partial charge in [0.1, 0.15) is 23.7 Å². The molecule has 1 atom stereocenters. The molecule has 6 nitrogen and oxygen atoms in total. The van der Waals surface area contributed by atoms with Gasteiger partial charge >= 0.3 is 6.03 Å². The molecule has 4 amide bonds. The van der Waals surface area contributed by atoms with E-state index in [2.05, 4.69) is 10.6 Å². The molecule has 0 aliphatic carbocycles. The summed E-state index contributed by atoms with van der Waals surface area (Å²) in [5, 5.41) is 4.79. The molecule has 26 heavy (non-hydrogen) atoms. The first-order valence-corrected chi connectivity index (χ1v) is 7.76. The van der Waals surface area contributed by atoms with Crippen molar-refractivity contribution < 1.29 is 23.2 Å². The molecule has 134 valence electrons. The number of halogens is 2. The molecule has 1 fully saturated rings. The number of benzene rings is 2. The van der Waals surface area contributed by atoms with Gasteiger partial charge in [-0.1, -0.05) is 30.3 Å². The molecule has 2 aromatic rings. The number of urea groups is 1. The monoisotopic (exact) mass is 359 g/mol. The van der Waals surface area contributed by atoms with Crippen molar-refractivity contribution in [3.8, 4) is 0 Å². The highest BCUT2D eigenvalue weighted by Gasteiger charge is 2.49. The minimum absolute atomic E-state index is 0.241. The van der Waals surface area contributed by atoms with Crippen LogP contribution in [0, 0.1) is 11.6 Å². The first-order valence-electron chi connectivity index (χ1n) is 7.76. The summed E-state index contributed by atoms with van der Waals surface area (Å²) in [7, 11) is 0.